The molecule has 1 N–H and O–H groups in total. The van der Waals surface area contributed by atoms with Crippen LogP contribution in [0.3, 0.4) is 0 Å². The molecule has 8 heteroatoms. The van der Waals surface area contributed by atoms with Crippen molar-refractivity contribution < 1.29 is 18.0 Å². The first-order valence-electron chi connectivity index (χ1n) is 8.49. The Morgan fingerprint density at radius 3 is 2.37 bits per heavy atom. The number of benzene rings is 2. The third-order valence-corrected chi connectivity index (χ3v) is 4.79. The van der Waals surface area contributed by atoms with E-state index in [9.17, 15) is 18.0 Å². The summed E-state index contributed by atoms with van der Waals surface area (Å²) in [6, 6.07) is 10.7. The van der Waals surface area contributed by atoms with Crippen molar-refractivity contribution in [3.63, 3.8) is 0 Å². The third kappa shape index (κ3) is 4.47. The Bertz CT molecular complexity index is 833. The smallest absolute Gasteiger partial charge is 0.368 e. The molecule has 0 aromatic heterocycles. The molecule has 1 saturated heterocycles. The van der Waals surface area contributed by atoms with Crippen LogP contribution >= 0.6 is 11.6 Å². The zero-order chi connectivity index (χ0) is 19.6. The van der Waals surface area contributed by atoms with Gasteiger partial charge in [-0.15, -0.1) is 0 Å². The van der Waals surface area contributed by atoms with Gasteiger partial charge in [-0.05, 0) is 36.8 Å². The van der Waals surface area contributed by atoms with Crippen molar-refractivity contribution in [2.24, 2.45) is 0 Å². The molecule has 0 spiro atoms. The molecule has 144 valence electrons. The van der Waals surface area contributed by atoms with Gasteiger partial charge >= 0.3 is 12.2 Å². The van der Waals surface area contributed by atoms with Crippen molar-refractivity contribution in [1.82, 2.24) is 4.90 Å². The fourth-order valence-corrected chi connectivity index (χ4v) is 3.30. The number of carbonyl (C=O) groups is 1. The number of carbonyl (C=O) groups excluding carboxylic acids is 1. The highest BCUT2D eigenvalue weighted by Crippen LogP contribution is 2.36. The molecule has 0 saturated carbocycles. The van der Waals surface area contributed by atoms with E-state index in [2.05, 4.69) is 10.2 Å². The zero-order valence-corrected chi connectivity index (χ0v) is 15.4. The quantitative estimate of drug-likeness (QED) is 0.772. The molecule has 2 amide bonds. The van der Waals surface area contributed by atoms with Crippen LogP contribution in [-0.2, 0) is 6.18 Å². The molecular weight excluding hydrogens is 379 g/mol. The maximum absolute atomic E-state index is 13.2. The average molecular weight is 398 g/mol. The van der Waals surface area contributed by atoms with Crippen LogP contribution in [0, 0.1) is 6.92 Å². The maximum Gasteiger partial charge on any atom is 0.418 e. The average Bonchev–Trinajstić information content (AvgIpc) is 2.63. The van der Waals surface area contributed by atoms with Crippen LogP contribution in [0.2, 0.25) is 5.02 Å². The fraction of sp³-hybridized carbons (Fsp3) is 0.316. The summed E-state index contributed by atoms with van der Waals surface area (Å²) in [7, 11) is 0. The number of alkyl halides is 3. The first-order chi connectivity index (χ1) is 12.8. The number of nitrogens with zero attached hydrogens (tertiary/aromatic N) is 2. The van der Waals surface area contributed by atoms with Crippen LogP contribution in [0.25, 0.3) is 0 Å². The van der Waals surface area contributed by atoms with Gasteiger partial charge in [0.25, 0.3) is 0 Å². The van der Waals surface area contributed by atoms with Gasteiger partial charge in [-0.2, -0.15) is 13.2 Å². The Balaban J connectivity index is 1.66. The Morgan fingerprint density at radius 1 is 1.07 bits per heavy atom. The second-order valence-corrected chi connectivity index (χ2v) is 6.81. The van der Waals surface area contributed by atoms with E-state index in [1.165, 1.54) is 17.0 Å². The van der Waals surface area contributed by atoms with Gasteiger partial charge < -0.3 is 15.1 Å². The molecule has 27 heavy (non-hydrogen) atoms. The first-order valence-corrected chi connectivity index (χ1v) is 8.87. The van der Waals surface area contributed by atoms with Crippen LogP contribution in [0.5, 0.6) is 0 Å². The largest absolute Gasteiger partial charge is 0.418 e. The molecule has 0 radical (unpaired) electrons. The zero-order valence-electron chi connectivity index (χ0n) is 14.7. The summed E-state index contributed by atoms with van der Waals surface area (Å²) in [6.45, 7) is 4.11. The van der Waals surface area contributed by atoms with Gasteiger partial charge in [0.05, 0.1) is 11.3 Å². The number of amides is 2. The molecule has 4 nitrogen and oxygen atoms in total. The number of halogens is 4. The van der Waals surface area contributed by atoms with Gasteiger partial charge in [0, 0.05) is 36.9 Å². The predicted molar refractivity (Wildman–Crippen MR) is 100 cm³/mol. The number of urea groups is 1. The normalized spacial score (nSPS) is 15.0. The summed E-state index contributed by atoms with van der Waals surface area (Å²) in [5.74, 6) is 0. The van der Waals surface area contributed by atoms with Crippen LogP contribution in [0.1, 0.15) is 11.1 Å². The van der Waals surface area contributed by atoms with Gasteiger partial charge in [0.1, 0.15) is 0 Å². The summed E-state index contributed by atoms with van der Waals surface area (Å²) in [5.41, 5.74) is 1.00. The Morgan fingerprint density at radius 2 is 1.74 bits per heavy atom. The molecule has 0 bridgehead atoms. The minimum Gasteiger partial charge on any atom is -0.368 e. The SMILES string of the molecule is Cc1ccccc1N1CCN(C(=O)Nc2ccc(Cl)cc2C(F)(F)F)CC1. The standard InChI is InChI=1S/C19H19ClF3N3O/c1-13-4-2-3-5-17(13)25-8-10-26(11-9-25)18(27)24-16-7-6-14(20)12-15(16)19(21,22)23/h2-7,12H,8-11H2,1H3,(H,24,27). The lowest BCUT2D eigenvalue weighted by Gasteiger charge is -2.36. The van der Waals surface area contributed by atoms with Crippen LogP contribution in [-0.4, -0.2) is 37.1 Å². The lowest BCUT2D eigenvalue weighted by Crippen LogP contribution is -2.50. The molecular formula is C19H19ClF3N3O. The molecule has 1 heterocycles. The van der Waals surface area contributed by atoms with Crippen LogP contribution in [0.4, 0.5) is 29.3 Å². The number of aryl methyl sites for hydroxylation is 1. The molecule has 2 aromatic rings. The molecule has 3 rings (SSSR count). The van der Waals surface area contributed by atoms with Gasteiger partial charge in [0.15, 0.2) is 0 Å². The lowest BCUT2D eigenvalue weighted by molar-refractivity contribution is -0.136. The second kappa shape index (κ2) is 7.68. The van der Waals surface area contributed by atoms with Crippen molar-refractivity contribution in [2.75, 3.05) is 36.4 Å². The number of hydrogen-bond acceptors (Lipinski definition) is 2. The van der Waals surface area contributed by atoms with Gasteiger partial charge in [-0.25, -0.2) is 4.79 Å². The Kier molecular flexibility index (Phi) is 5.51. The first kappa shape index (κ1) is 19.4. The van der Waals surface area contributed by atoms with Crippen molar-refractivity contribution >= 4 is 29.0 Å². The highest BCUT2D eigenvalue weighted by Gasteiger charge is 2.34. The number of anilines is 2. The van der Waals surface area contributed by atoms with E-state index in [0.717, 1.165) is 17.3 Å². The minimum absolute atomic E-state index is 0.0350. The van der Waals surface area contributed by atoms with E-state index in [-0.39, 0.29) is 10.7 Å². The summed E-state index contributed by atoms with van der Waals surface area (Å²) >= 11 is 5.67. The molecule has 0 unspecified atom stereocenters. The van der Waals surface area contributed by atoms with Crippen molar-refractivity contribution in [3.05, 3.63) is 58.6 Å². The minimum atomic E-state index is -4.60. The van der Waals surface area contributed by atoms with E-state index >= 15 is 0 Å². The molecule has 1 aliphatic heterocycles. The number of piperazine rings is 1. The van der Waals surface area contributed by atoms with E-state index in [4.69, 9.17) is 11.6 Å². The van der Waals surface area contributed by atoms with Gasteiger partial charge in [-0.1, -0.05) is 29.8 Å². The molecule has 0 atom stereocenters. The summed E-state index contributed by atoms with van der Waals surface area (Å²) in [6.07, 6.45) is -4.60. The highest BCUT2D eigenvalue weighted by molar-refractivity contribution is 6.30. The van der Waals surface area contributed by atoms with Crippen molar-refractivity contribution in [1.29, 1.82) is 0 Å². The summed E-state index contributed by atoms with van der Waals surface area (Å²) in [4.78, 5) is 16.1. The van der Waals surface area contributed by atoms with Crippen molar-refractivity contribution in [2.45, 2.75) is 13.1 Å². The predicted octanol–water partition coefficient (Wildman–Crippen LogP) is 5.02. The summed E-state index contributed by atoms with van der Waals surface area (Å²) in [5, 5.41) is 2.33. The molecule has 1 fully saturated rings. The van der Waals surface area contributed by atoms with E-state index in [0.29, 0.717) is 26.2 Å². The van der Waals surface area contributed by atoms with Crippen LogP contribution < -0.4 is 10.2 Å². The van der Waals surface area contributed by atoms with E-state index < -0.39 is 17.8 Å². The maximum atomic E-state index is 13.2. The lowest BCUT2D eigenvalue weighted by atomic mass is 10.1. The monoisotopic (exact) mass is 397 g/mol. The fourth-order valence-electron chi connectivity index (χ4n) is 3.12. The number of rotatable bonds is 2. The summed E-state index contributed by atoms with van der Waals surface area (Å²) < 4.78 is 39.5. The van der Waals surface area contributed by atoms with Gasteiger partial charge in [0.2, 0.25) is 0 Å². The van der Waals surface area contributed by atoms with Gasteiger partial charge in [-0.3, -0.25) is 0 Å². The van der Waals surface area contributed by atoms with E-state index in [1.54, 1.807) is 0 Å². The molecule has 1 aliphatic rings. The Hall–Kier alpha value is -2.41. The molecule has 2 aromatic carbocycles. The number of hydrogen-bond donors (Lipinski definition) is 1. The van der Waals surface area contributed by atoms with Crippen molar-refractivity contribution in [3.8, 4) is 0 Å². The number of nitrogens with one attached hydrogen (secondary N) is 1. The second-order valence-electron chi connectivity index (χ2n) is 6.38. The topological polar surface area (TPSA) is 35.6 Å². The highest BCUT2D eigenvalue weighted by atomic mass is 35.5. The number of para-hydroxylation sites is 1. The Labute approximate surface area is 160 Å². The third-order valence-electron chi connectivity index (χ3n) is 4.55. The molecule has 0 aliphatic carbocycles. The van der Waals surface area contributed by atoms with Crippen LogP contribution in [0.15, 0.2) is 42.5 Å². The van der Waals surface area contributed by atoms with E-state index in [1.807, 2.05) is 31.2 Å².